The molecule has 18 heavy (non-hydrogen) atoms. The summed E-state index contributed by atoms with van der Waals surface area (Å²) in [5.41, 5.74) is 9.69. The van der Waals surface area contributed by atoms with Crippen LogP contribution in [0.4, 0.5) is 0 Å². The number of hydrogen-bond acceptors (Lipinski definition) is 1. The minimum absolute atomic E-state index is 0.434. The molecule has 2 rings (SSSR count). The first-order chi connectivity index (χ1) is 8.51. The molecule has 0 saturated carbocycles. The number of hydrogen-bond donors (Lipinski definition) is 1. The summed E-state index contributed by atoms with van der Waals surface area (Å²) in [6, 6.07) is 18.9. The van der Waals surface area contributed by atoms with Crippen LogP contribution in [0.5, 0.6) is 0 Å². The molecule has 0 aliphatic carbocycles. The third kappa shape index (κ3) is 2.46. The highest BCUT2D eigenvalue weighted by Gasteiger charge is 2.23. The maximum Gasteiger partial charge on any atom is 0.0636 e. The van der Waals surface area contributed by atoms with E-state index in [9.17, 15) is 0 Å². The zero-order chi connectivity index (χ0) is 13.2. The van der Waals surface area contributed by atoms with E-state index in [-0.39, 0.29) is 0 Å². The highest BCUT2D eigenvalue weighted by Crippen LogP contribution is 2.27. The Morgan fingerprint density at radius 1 is 0.833 bits per heavy atom. The van der Waals surface area contributed by atoms with Crippen LogP contribution in [-0.2, 0) is 5.54 Å². The van der Waals surface area contributed by atoms with E-state index in [4.69, 9.17) is 5.73 Å². The molecule has 0 spiro atoms. The quantitative estimate of drug-likeness (QED) is 0.859. The second-order valence-electron chi connectivity index (χ2n) is 5.35. The summed E-state index contributed by atoms with van der Waals surface area (Å²) < 4.78 is 0. The summed E-state index contributed by atoms with van der Waals surface area (Å²) in [5, 5.41) is 0. The van der Waals surface area contributed by atoms with Crippen molar-refractivity contribution >= 4 is 0 Å². The molecular formula is C17H21N. The van der Waals surface area contributed by atoms with E-state index in [2.05, 4.69) is 57.2 Å². The average molecular weight is 239 g/mol. The van der Waals surface area contributed by atoms with Crippen LogP contribution in [0.15, 0.2) is 54.6 Å². The van der Waals surface area contributed by atoms with Crippen LogP contribution < -0.4 is 5.73 Å². The van der Waals surface area contributed by atoms with E-state index < -0.39 is 5.54 Å². The standard InChI is InChI=1S/C17H21N/c1-13(2)14-9-11-16(12-10-14)17(3,18)15-7-5-4-6-8-15/h4-13H,18H2,1-3H3. The van der Waals surface area contributed by atoms with E-state index in [0.29, 0.717) is 5.92 Å². The molecule has 0 amide bonds. The molecular weight excluding hydrogens is 218 g/mol. The van der Waals surface area contributed by atoms with Gasteiger partial charge in [-0.1, -0.05) is 68.4 Å². The van der Waals surface area contributed by atoms with Crippen LogP contribution in [0.2, 0.25) is 0 Å². The largest absolute Gasteiger partial charge is 0.318 e. The third-order valence-corrected chi connectivity index (χ3v) is 3.55. The molecule has 0 fully saturated rings. The normalized spacial score (nSPS) is 14.5. The van der Waals surface area contributed by atoms with Crippen molar-refractivity contribution in [1.29, 1.82) is 0 Å². The summed E-state index contributed by atoms with van der Waals surface area (Å²) in [6.07, 6.45) is 0. The van der Waals surface area contributed by atoms with Crippen LogP contribution >= 0.6 is 0 Å². The van der Waals surface area contributed by atoms with E-state index in [1.807, 2.05) is 18.2 Å². The predicted octanol–water partition coefficient (Wildman–Crippen LogP) is 4.03. The first-order valence-corrected chi connectivity index (χ1v) is 6.46. The SMILES string of the molecule is CC(C)c1ccc(C(C)(N)c2ccccc2)cc1. The van der Waals surface area contributed by atoms with Gasteiger partial charge >= 0.3 is 0 Å². The Morgan fingerprint density at radius 3 is 1.83 bits per heavy atom. The summed E-state index contributed by atoms with van der Waals surface area (Å²) in [7, 11) is 0. The molecule has 0 saturated heterocycles. The molecule has 2 N–H and O–H groups in total. The first kappa shape index (κ1) is 12.8. The second kappa shape index (κ2) is 4.95. The van der Waals surface area contributed by atoms with Gasteiger partial charge in [0.05, 0.1) is 5.54 Å². The van der Waals surface area contributed by atoms with Gasteiger partial charge in [-0.05, 0) is 29.5 Å². The maximum atomic E-state index is 6.49. The van der Waals surface area contributed by atoms with Gasteiger partial charge < -0.3 is 5.73 Å². The molecule has 0 heterocycles. The number of rotatable bonds is 3. The van der Waals surface area contributed by atoms with Crippen molar-refractivity contribution in [1.82, 2.24) is 0 Å². The molecule has 1 unspecified atom stereocenters. The average Bonchev–Trinajstić information content (AvgIpc) is 2.40. The van der Waals surface area contributed by atoms with Crippen LogP contribution in [0.3, 0.4) is 0 Å². The molecule has 1 nitrogen and oxygen atoms in total. The molecule has 0 radical (unpaired) electrons. The molecule has 0 aliphatic rings. The van der Waals surface area contributed by atoms with Gasteiger partial charge in [-0.2, -0.15) is 0 Å². The van der Waals surface area contributed by atoms with Gasteiger partial charge in [-0.15, -0.1) is 0 Å². The zero-order valence-corrected chi connectivity index (χ0v) is 11.4. The minimum Gasteiger partial charge on any atom is -0.318 e. The van der Waals surface area contributed by atoms with Gasteiger partial charge in [0.2, 0.25) is 0 Å². The lowest BCUT2D eigenvalue weighted by Gasteiger charge is -2.26. The molecule has 1 heteroatoms. The van der Waals surface area contributed by atoms with Crippen molar-refractivity contribution < 1.29 is 0 Å². The van der Waals surface area contributed by atoms with E-state index in [1.54, 1.807) is 0 Å². The highest BCUT2D eigenvalue weighted by atomic mass is 14.7. The Balaban J connectivity index is 2.36. The minimum atomic E-state index is -0.434. The Labute approximate surface area is 110 Å². The first-order valence-electron chi connectivity index (χ1n) is 6.46. The molecule has 1 atom stereocenters. The summed E-state index contributed by atoms with van der Waals surface area (Å²) in [5.74, 6) is 0.555. The smallest absolute Gasteiger partial charge is 0.0636 e. The molecule has 0 aliphatic heterocycles. The fourth-order valence-electron chi connectivity index (χ4n) is 2.17. The van der Waals surface area contributed by atoms with Gasteiger partial charge in [0.15, 0.2) is 0 Å². The van der Waals surface area contributed by atoms with Crippen LogP contribution in [0.25, 0.3) is 0 Å². The molecule has 0 aromatic heterocycles. The Morgan fingerprint density at radius 2 is 1.33 bits per heavy atom. The third-order valence-electron chi connectivity index (χ3n) is 3.55. The topological polar surface area (TPSA) is 26.0 Å². The van der Waals surface area contributed by atoms with Gasteiger partial charge in [0, 0.05) is 0 Å². The van der Waals surface area contributed by atoms with Crippen molar-refractivity contribution in [2.45, 2.75) is 32.2 Å². The van der Waals surface area contributed by atoms with Crippen molar-refractivity contribution in [2.24, 2.45) is 5.73 Å². The molecule has 94 valence electrons. The van der Waals surface area contributed by atoms with E-state index in [1.165, 1.54) is 5.56 Å². The van der Waals surface area contributed by atoms with Crippen molar-refractivity contribution in [3.05, 3.63) is 71.3 Å². The Hall–Kier alpha value is -1.60. The fraction of sp³-hybridized carbons (Fsp3) is 0.294. The van der Waals surface area contributed by atoms with Gasteiger partial charge in [-0.25, -0.2) is 0 Å². The molecule has 2 aromatic carbocycles. The monoisotopic (exact) mass is 239 g/mol. The van der Waals surface area contributed by atoms with Crippen molar-refractivity contribution in [3.8, 4) is 0 Å². The van der Waals surface area contributed by atoms with Gasteiger partial charge in [0.25, 0.3) is 0 Å². The van der Waals surface area contributed by atoms with Crippen molar-refractivity contribution in [2.75, 3.05) is 0 Å². The van der Waals surface area contributed by atoms with Gasteiger partial charge in [-0.3, -0.25) is 0 Å². The number of nitrogens with two attached hydrogens (primary N) is 1. The summed E-state index contributed by atoms with van der Waals surface area (Å²) in [4.78, 5) is 0. The zero-order valence-electron chi connectivity index (χ0n) is 11.4. The lowest BCUT2D eigenvalue weighted by Crippen LogP contribution is -2.34. The van der Waals surface area contributed by atoms with E-state index >= 15 is 0 Å². The Bertz CT molecular complexity index is 495. The molecule has 2 aromatic rings. The number of benzene rings is 2. The molecule has 0 bridgehead atoms. The lowest BCUT2D eigenvalue weighted by atomic mass is 9.85. The van der Waals surface area contributed by atoms with Crippen LogP contribution in [0.1, 0.15) is 43.4 Å². The van der Waals surface area contributed by atoms with Crippen LogP contribution in [0, 0.1) is 0 Å². The predicted molar refractivity (Wildman–Crippen MR) is 77.6 cm³/mol. The summed E-state index contributed by atoms with van der Waals surface area (Å²) in [6.45, 7) is 6.47. The maximum absolute atomic E-state index is 6.49. The van der Waals surface area contributed by atoms with Crippen LogP contribution in [-0.4, -0.2) is 0 Å². The van der Waals surface area contributed by atoms with E-state index in [0.717, 1.165) is 11.1 Å². The summed E-state index contributed by atoms with van der Waals surface area (Å²) >= 11 is 0. The lowest BCUT2D eigenvalue weighted by molar-refractivity contribution is 0.602. The highest BCUT2D eigenvalue weighted by molar-refractivity contribution is 5.38. The van der Waals surface area contributed by atoms with Crippen molar-refractivity contribution in [3.63, 3.8) is 0 Å². The second-order valence-corrected chi connectivity index (χ2v) is 5.35. The van der Waals surface area contributed by atoms with Gasteiger partial charge in [0.1, 0.15) is 0 Å². The Kier molecular flexibility index (Phi) is 3.53. The fourth-order valence-corrected chi connectivity index (χ4v) is 2.17.